The molecule has 2 aliphatic rings. The molecule has 2 aromatic rings. The van der Waals surface area contributed by atoms with Gasteiger partial charge in [-0.1, -0.05) is 6.08 Å². The van der Waals surface area contributed by atoms with E-state index in [1.807, 2.05) is 13.8 Å². The van der Waals surface area contributed by atoms with Gasteiger partial charge < -0.3 is 0 Å². The number of allylic oxidation sites excluding steroid dienone is 2. The van der Waals surface area contributed by atoms with Gasteiger partial charge in [-0.3, -0.25) is 0 Å². The number of fused-ring (bicyclic) bond motifs is 1. The summed E-state index contributed by atoms with van der Waals surface area (Å²) in [6.45, 7) is 3.91. The van der Waals surface area contributed by atoms with Crippen LogP contribution in [0.2, 0.25) is 5.28 Å². The lowest BCUT2D eigenvalue weighted by molar-refractivity contribution is 0.466. The van der Waals surface area contributed by atoms with Gasteiger partial charge in [0.1, 0.15) is 5.52 Å². The number of aryl methyl sites for hydroxylation is 2. The van der Waals surface area contributed by atoms with Crippen molar-refractivity contribution in [2.24, 2.45) is 5.41 Å². The van der Waals surface area contributed by atoms with Crippen LogP contribution in [0.3, 0.4) is 0 Å². The van der Waals surface area contributed by atoms with Crippen molar-refractivity contribution >= 4 is 28.3 Å². The molecule has 0 radical (unpaired) electrons. The molecule has 1 saturated carbocycles. The van der Waals surface area contributed by atoms with E-state index in [1.165, 1.54) is 24.8 Å². The van der Waals surface area contributed by atoms with Crippen molar-refractivity contribution in [3.05, 3.63) is 28.4 Å². The molecule has 108 valence electrons. The topological polar surface area (TPSA) is 51.6 Å². The van der Waals surface area contributed by atoms with Crippen LogP contribution < -0.4 is 0 Å². The van der Waals surface area contributed by atoms with E-state index < -0.39 is 0 Å². The van der Waals surface area contributed by atoms with Gasteiger partial charge in [0, 0.05) is 0 Å². The van der Waals surface area contributed by atoms with E-state index in [2.05, 4.69) is 26.0 Å². The number of rotatable bonds is 1. The van der Waals surface area contributed by atoms with Gasteiger partial charge in [0.2, 0.25) is 5.28 Å². The van der Waals surface area contributed by atoms with Gasteiger partial charge in [0.05, 0.1) is 17.1 Å². The molecule has 0 bridgehead atoms. The summed E-state index contributed by atoms with van der Waals surface area (Å²) >= 11 is 6.09. The maximum Gasteiger partial charge on any atom is 0.225 e. The fraction of sp³-hybridized carbons (Fsp3) is 0.500. The van der Waals surface area contributed by atoms with Crippen molar-refractivity contribution in [3.8, 4) is 0 Å². The number of aromatic nitrogens is 4. The first-order valence-electron chi connectivity index (χ1n) is 7.44. The third-order valence-corrected chi connectivity index (χ3v) is 5.05. The monoisotopic (exact) mass is 300 g/mol. The van der Waals surface area contributed by atoms with E-state index in [4.69, 9.17) is 11.6 Å². The second-order valence-electron chi connectivity index (χ2n) is 6.34. The molecule has 0 unspecified atom stereocenters. The van der Waals surface area contributed by atoms with Gasteiger partial charge in [0.25, 0.3) is 0 Å². The minimum Gasteiger partial charge on any atom is -0.246 e. The summed E-state index contributed by atoms with van der Waals surface area (Å²) in [5.41, 5.74) is 5.91. The van der Waals surface area contributed by atoms with Gasteiger partial charge in [0.15, 0.2) is 5.65 Å². The Labute approximate surface area is 128 Å². The van der Waals surface area contributed by atoms with E-state index in [-0.39, 0.29) is 5.28 Å². The van der Waals surface area contributed by atoms with Crippen LogP contribution in [0.25, 0.3) is 16.7 Å². The summed E-state index contributed by atoms with van der Waals surface area (Å²) < 4.78 is 0. The smallest absolute Gasteiger partial charge is 0.225 e. The van der Waals surface area contributed by atoms with Crippen LogP contribution in [0.5, 0.6) is 0 Å². The third kappa shape index (κ3) is 2.22. The molecular formula is C16H17ClN4. The Bertz CT molecular complexity index is 777. The van der Waals surface area contributed by atoms with Crippen LogP contribution in [0.1, 0.15) is 49.2 Å². The molecule has 2 aliphatic carbocycles. The summed E-state index contributed by atoms with van der Waals surface area (Å²) in [5, 5.41) is 0.252. The van der Waals surface area contributed by atoms with Gasteiger partial charge >= 0.3 is 0 Å². The summed E-state index contributed by atoms with van der Waals surface area (Å²) in [6.07, 6.45) is 8.53. The molecule has 0 N–H and O–H groups in total. The summed E-state index contributed by atoms with van der Waals surface area (Å²) in [6, 6.07) is 0. The van der Waals surface area contributed by atoms with Crippen molar-refractivity contribution in [3.63, 3.8) is 0 Å². The van der Waals surface area contributed by atoms with Gasteiger partial charge in [-0.25, -0.2) is 15.0 Å². The molecule has 21 heavy (non-hydrogen) atoms. The highest BCUT2D eigenvalue weighted by Crippen LogP contribution is 2.56. The fourth-order valence-corrected chi connectivity index (χ4v) is 3.26. The normalized spacial score (nSPS) is 19.9. The van der Waals surface area contributed by atoms with Crippen LogP contribution >= 0.6 is 11.6 Å². The van der Waals surface area contributed by atoms with Crippen molar-refractivity contribution < 1.29 is 0 Å². The lowest BCUT2D eigenvalue weighted by Crippen LogP contribution is -2.08. The fourth-order valence-electron chi connectivity index (χ4n) is 3.10. The minimum absolute atomic E-state index is 0.252. The predicted octanol–water partition coefficient (Wildman–Crippen LogP) is 4.04. The maximum absolute atomic E-state index is 6.09. The first-order chi connectivity index (χ1) is 10.1. The highest BCUT2D eigenvalue weighted by atomic mass is 35.5. The zero-order valence-corrected chi connectivity index (χ0v) is 13.0. The Morgan fingerprint density at radius 3 is 2.43 bits per heavy atom. The minimum atomic E-state index is 0.252. The standard InChI is InChI=1S/C16H17ClN4/c1-9-10(2)19-14-13(18-9)12(20-15(17)21-14)11-3-5-16(6-4-11)7-8-16/h3H,4-8H2,1-2H3. The van der Waals surface area contributed by atoms with Crippen molar-refractivity contribution in [2.45, 2.75) is 46.0 Å². The third-order valence-electron chi connectivity index (χ3n) is 4.88. The van der Waals surface area contributed by atoms with E-state index in [0.717, 1.165) is 35.4 Å². The molecule has 1 spiro atoms. The molecule has 5 heteroatoms. The van der Waals surface area contributed by atoms with E-state index >= 15 is 0 Å². The van der Waals surface area contributed by atoms with Gasteiger partial charge in [-0.05, 0) is 68.5 Å². The molecule has 1 fully saturated rings. The van der Waals surface area contributed by atoms with Crippen molar-refractivity contribution in [1.29, 1.82) is 0 Å². The Morgan fingerprint density at radius 2 is 1.76 bits per heavy atom. The quantitative estimate of drug-likeness (QED) is 0.746. The number of nitrogens with zero attached hydrogens (tertiary/aromatic N) is 4. The molecule has 0 saturated heterocycles. The molecular weight excluding hydrogens is 284 g/mol. The second kappa shape index (κ2) is 4.47. The lowest BCUT2D eigenvalue weighted by atomic mass is 9.85. The van der Waals surface area contributed by atoms with Crippen LogP contribution in [0, 0.1) is 19.3 Å². The zero-order valence-electron chi connectivity index (χ0n) is 12.3. The zero-order chi connectivity index (χ0) is 14.6. The van der Waals surface area contributed by atoms with Crippen molar-refractivity contribution in [1.82, 2.24) is 19.9 Å². The molecule has 0 atom stereocenters. The lowest BCUT2D eigenvalue weighted by Gasteiger charge is -2.21. The summed E-state index contributed by atoms with van der Waals surface area (Å²) in [4.78, 5) is 17.8. The molecule has 0 aliphatic heterocycles. The first-order valence-corrected chi connectivity index (χ1v) is 7.82. The number of hydrogen-bond donors (Lipinski definition) is 0. The van der Waals surface area contributed by atoms with Gasteiger partial charge in [-0.15, -0.1) is 0 Å². The average Bonchev–Trinajstić information content (AvgIpc) is 3.20. The van der Waals surface area contributed by atoms with E-state index in [1.54, 1.807) is 0 Å². The number of hydrogen-bond acceptors (Lipinski definition) is 4. The molecule has 0 aromatic carbocycles. The van der Waals surface area contributed by atoms with Gasteiger partial charge in [-0.2, -0.15) is 4.98 Å². The van der Waals surface area contributed by atoms with E-state index in [0.29, 0.717) is 11.1 Å². The molecule has 4 rings (SSSR count). The average molecular weight is 301 g/mol. The highest BCUT2D eigenvalue weighted by molar-refractivity contribution is 6.28. The van der Waals surface area contributed by atoms with Crippen LogP contribution in [0.15, 0.2) is 6.08 Å². The Hall–Kier alpha value is -1.55. The summed E-state index contributed by atoms with van der Waals surface area (Å²) in [5.74, 6) is 0. The van der Waals surface area contributed by atoms with Crippen molar-refractivity contribution in [2.75, 3.05) is 0 Å². The first kappa shape index (κ1) is 13.1. The molecule has 0 amide bonds. The van der Waals surface area contributed by atoms with E-state index in [9.17, 15) is 0 Å². The van der Waals surface area contributed by atoms with Crippen LogP contribution in [-0.4, -0.2) is 19.9 Å². The SMILES string of the molecule is Cc1nc2nc(Cl)nc(C3=CCC4(CC3)CC4)c2nc1C. The molecule has 2 heterocycles. The number of halogens is 1. The largest absolute Gasteiger partial charge is 0.246 e. The molecule has 2 aromatic heterocycles. The highest BCUT2D eigenvalue weighted by Gasteiger charge is 2.43. The summed E-state index contributed by atoms with van der Waals surface area (Å²) in [7, 11) is 0. The molecule has 4 nitrogen and oxygen atoms in total. The Kier molecular flexibility index (Phi) is 2.80. The Morgan fingerprint density at radius 1 is 1.00 bits per heavy atom. The van der Waals surface area contributed by atoms with Crippen LogP contribution in [0.4, 0.5) is 0 Å². The maximum atomic E-state index is 6.09. The predicted molar refractivity (Wildman–Crippen MR) is 83.1 cm³/mol. The Balaban J connectivity index is 1.87. The van der Waals surface area contributed by atoms with Crippen LogP contribution in [-0.2, 0) is 0 Å². The second-order valence-corrected chi connectivity index (χ2v) is 6.68.